The average molecular weight is 326 g/mol. The number of rotatable bonds is 4. The molecule has 4 rings (SSSR count). The van der Waals surface area contributed by atoms with Crippen LogP contribution in [-0.4, -0.2) is 57.9 Å². The summed E-state index contributed by atoms with van der Waals surface area (Å²) in [6.45, 7) is 1.83. The number of ether oxygens (including phenoxy) is 5. The highest BCUT2D eigenvalue weighted by Crippen LogP contribution is 2.57. The van der Waals surface area contributed by atoms with E-state index in [4.69, 9.17) is 23.7 Å². The zero-order valence-electron chi connectivity index (χ0n) is 14.0. The quantitative estimate of drug-likeness (QED) is 0.555. The van der Waals surface area contributed by atoms with Crippen LogP contribution in [0.15, 0.2) is 11.6 Å². The van der Waals surface area contributed by atoms with Crippen LogP contribution in [0.1, 0.15) is 13.3 Å². The van der Waals surface area contributed by atoms with Gasteiger partial charge in [-0.15, -0.1) is 0 Å². The minimum Gasteiger partial charge on any atom is -0.466 e. The molecular formula is C16H22O7. The van der Waals surface area contributed by atoms with E-state index in [1.807, 2.05) is 6.92 Å². The molecular weight excluding hydrogens is 304 g/mol. The fourth-order valence-electron chi connectivity index (χ4n) is 4.28. The van der Waals surface area contributed by atoms with Gasteiger partial charge in [0.15, 0.2) is 5.79 Å². The van der Waals surface area contributed by atoms with Crippen LogP contribution in [-0.2, 0) is 33.3 Å². The number of Topliss-reactive ketones (excluding diaryl/α,β-unsaturated/α-hetero) is 1. The van der Waals surface area contributed by atoms with Crippen LogP contribution < -0.4 is 0 Å². The summed E-state index contributed by atoms with van der Waals surface area (Å²) < 4.78 is 27.3. The Hall–Kier alpha value is -1.28. The lowest BCUT2D eigenvalue weighted by Crippen LogP contribution is -2.65. The van der Waals surface area contributed by atoms with Gasteiger partial charge in [0.25, 0.3) is 0 Å². The molecule has 23 heavy (non-hydrogen) atoms. The van der Waals surface area contributed by atoms with E-state index in [2.05, 4.69) is 0 Å². The maximum Gasteiger partial charge on any atom is 0.334 e. The predicted octanol–water partition coefficient (Wildman–Crippen LogP) is 0.671. The summed E-state index contributed by atoms with van der Waals surface area (Å²) in [6.07, 6.45) is 1.89. The minimum absolute atomic E-state index is 0.171. The lowest BCUT2D eigenvalue weighted by atomic mass is 9.59. The third-order valence-electron chi connectivity index (χ3n) is 5.41. The van der Waals surface area contributed by atoms with Crippen molar-refractivity contribution in [2.24, 2.45) is 17.8 Å². The summed E-state index contributed by atoms with van der Waals surface area (Å²) in [4.78, 5) is 25.2. The molecule has 3 aliphatic carbocycles. The van der Waals surface area contributed by atoms with Gasteiger partial charge in [0.1, 0.15) is 0 Å². The predicted molar refractivity (Wildman–Crippen MR) is 77.2 cm³/mol. The standard InChI is InChI=1S/C16H22O7/c1-15(20-3)7-9-11-8(14(18)19-2)6-10(12(9)23-15)16(21-4,22-5)13(11)17/h6,9-12H,7H2,1-5H3/t9-,10-,11+,12-,15?/m0/s1. The van der Waals surface area contributed by atoms with Gasteiger partial charge in [-0.2, -0.15) is 0 Å². The number of methoxy groups -OCH3 is 4. The molecule has 1 unspecified atom stereocenters. The molecule has 7 nitrogen and oxygen atoms in total. The van der Waals surface area contributed by atoms with Crippen molar-refractivity contribution >= 4 is 11.8 Å². The van der Waals surface area contributed by atoms with E-state index in [0.717, 1.165) is 0 Å². The lowest BCUT2D eigenvalue weighted by molar-refractivity contribution is -0.272. The Balaban J connectivity index is 2.11. The SMILES string of the molecule is COC(=O)C1=C[C@H]2[C@H]3OC(C)(OC)C[C@H]3[C@@H]1C(=O)C2(OC)OC. The van der Waals surface area contributed by atoms with Crippen LogP contribution in [0.5, 0.6) is 0 Å². The van der Waals surface area contributed by atoms with Gasteiger partial charge in [0.05, 0.1) is 25.0 Å². The Morgan fingerprint density at radius 1 is 1.22 bits per heavy atom. The molecule has 128 valence electrons. The van der Waals surface area contributed by atoms with Crippen molar-refractivity contribution in [3.63, 3.8) is 0 Å². The van der Waals surface area contributed by atoms with E-state index < -0.39 is 29.4 Å². The zero-order chi connectivity index (χ0) is 17.0. The van der Waals surface area contributed by atoms with Crippen LogP contribution in [0.3, 0.4) is 0 Å². The third-order valence-corrected chi connectivity index (χ3v) is 5.41. The Labute approximate surface area is 134 Å². The van der Waals surface area contributed by atoms with Crippen molar-refractivity contribution in [3.8, 4) is 0 Å². The molecule has 5 atom stereocenters. The van der Waals surface area contributed by atoms with Crippen LogP contribution in [0.2, 0.25) is 0 Å². The molecule has 2 bridgehead atoms. The molecule has 0 aromatic heterocycles. The average Bonchev–Trinajstić information content (AvgIpc) is 2.93. The second-order valence-electron chi connectivity index (χ2n) is 6.35. The molecule has 1 saturated carbocycles. The molecule has 2 fully saturated rings. The van der Waals surface area contributed by atoms with E-state index >= 15 is 0 Å². The Morgan fingerprint density at radius 3 is 2.39 bits per heavy atom. The van der Waals surface area contributed by atoms with E-state index in [1.54, 1.807) is 13.2 Å². The van der Waals surface area contributed by atoms with Gasteiger partial charge in [-0.1, -0.05) is 6.08 Å². The number of hydrogen-bond donors (Lipinski definition) is 0. The second kappa shape index (κ2) is 5.37. The summed E-state index contributed by atoms with van der Waals surface area (Å²) in [5, 5.41) is 0. The third kappa shape index (κ3) is 2.04. The van der Waals surface area contributed by atoms with Gasteiger partial charge < -0.3 is 23.7 Å². The second-order valence-corrected chi connectivity index (χ2v) is 6.35. The van der Waals surface area contributed by atoms with Crippen LogP contribution in [0, 0.1) is 17.8 Å². The van der Waals surface area contributed by atoms with Crippen molar-refractivity contribution in [1.82, 2.24) is 0 Å². The van der Waals surface area contributed by atoms with Crippen LogP contribution in [0.25, 0.3) is 0 Å². The number of fused-ring (bicyclic) bond motifs is 1. The summed E-state index contributed by atoms with van der Waals surface area (Å²) >= 11 is 0. The molecule has 0 radical (unpaired) electrons. The number of hydrogen-bond acceptors (Lipinski definition) is 7. The van der Waals surface area contributed by atoms with Gasteiger partial charge >= 0.3 is 5.97 Å². The molecule has 0 aromatic rings. The Kier molecular flexibility index (Phi) is 3.87. The van der Waals surface area contributed by atoms with Gasteiger partial charge in [-0.3, -0.25) is 4.79 Å². The molecule has 0 amide bonds. The van der Waals surface area contributed by atoms with Gasteiger partial charge in [-0.25, -0.2) is 4.79 Å². The molecule has 1 aliphatic heterocycles. The van der Waals surface area contributed by atoms with Crippen LogP contribution in [0.4, 0.5) is 0 Å². The maximum atomic E-state index is 13.0. The first-order valence-electron chi connectivity index (χ1n) is 7.55. The number of esters is 1. The summed E-state index contributed by atoms with van der Waals surface area (Å²) in [7, 11) is 5.72. The number of carbonyl (C=O) groups is 2. The summed E-state index contributed by atoms with van der Waals surface area (Å²) in [5.74, 6) is -4.40. The van der Waals surface area contributed by atoms with Crippen molar-refractivity contribution < 1.29 is 33.3 Å². The summed E-state index contributed by atoms with van der Waals surface area (Å²) in [5.41, 5.74) is 0.359. The lowest BCUT2D eigenvalue weighted by Gasteiger charge is -2.51. The fraction of sp³-hybridized carbons (Fsp3) is 0.750. The van der Waals surface area contributed by atoms with E-state index in [-0.39, 0.29) is 17.8 Å². The Bertz CT molecular complexity index is 565. The molecule has 0 spiro atoms. The first-order chi connectivity index (χ1) is 10.9. The van der Waals surface area contributed by atoms with E-state index in [0.29, 0.717) is 12.0 Å². The van der Waals surface area contributed by atoms with E-state index in [9.17, 15) is 9.59 Å². The van der Waals surface area contributed by atoms with Crippen LogP contribution >= 0.6 is 0 Å². The largest absolute Gasteiger partial charge is 0.466 e. The molecule has 7 heteroatoms. The monoisotopic (exact) mass is 326 g/mol. The van der Waals surface area contributed by atoms with Gasteiger partial charge in [0.2, 0.25) is 11.6 Å². The minimum atomic E-state index is -1.44. The number of carbonyl (C=O) groups excluding carboxylic acids is 2. The highest BCUT2D eigenvalue weighted by atomic mass is 16.7. The molecule has 1 heterocycles. The maximum absolute atomic E-state index is 13.0. The fourth-order valence-corrected chi connectivity index (χ4v) is 4.28. The van der Waals surface area contributed by atoms with Gasteiger partial charge in [0, 0.05) is 39.2 Å². The van der Waals surface area contributed by atoms with Crippen molar-refractivity contribution in [1.29, 1.82) is 0 Å². The summed E-state index contributed by atoms with van der Waals surface area (Å²) in [6, 6.07) is 0. The highest BCUT2D eigenvalue weighted by Gasteiger charge is 2.68. The van der Waals surface area contributed by atoms with E-state index in [1.165, 1.54) is 21.3 Å². The van der Waals surface area contributed by atoms with Crippen molar-refractivity contribution in [2.75, 3.05) is 28.4 Å². The normalized spacial score (nSPS) is 40.7. The molecule has 0 N–H and O–H groups in total. The zero-order valence-corrected chi connectivity index (χ0v) is 14.0. The molecule has 4 aliphatic rings. The van der Waals surface area contributed by atoms with Gasteiger partial charge in [-0.05, 0) is 6.92 Å². The van der Waals surface area contributed by atoms with Crippen molar-refractivity contribution in [2.45, 2.75) is 31.0 Å². The first-order valence-corrected chi connectivity index (χ1v) is 7.55. The number of ketones is 1. The topological polar surface area (TPSA) is 80.3 Å². The highest BCUT2D eigenvalue weighted by molar-refractivity contribution is 6.03. The molecule has 0 aromatic carbocycles. The Morgan fingerprint density at radius 2 is 1.87 bits per heavy atom. The first kappa shape index (κ1) is 16.6. The smallest absolute Gasteiger partial charge is 0.334 e. The molecule has 1 saturated heterocycles. The van der Waals surface area contributed by atoms with Crippen molar-refractivity contribution in [3.05, 3.63) is 11.6 Å².